The molecule has 96 valence electrons. The summed E-state index contributed by atoms with van der Waals surface area (Å²) in [6.07, 6.45) is 4.69. The summed E-state index contributed by atoms with van der Waals surface area (Å²) in [5.41, 5.74) is 0. The van der Waals surface area contributed by atoms with E-state index >= 15 is 0 Å². The molecular weight excluding hydrogens is 232 g/mol. The molecule has 1 aliphatic heterocycles. The van der Waals surface area contributed by atoms with Gasteiger partial charge < -0.3 is 10.2 Å². The van der Waals surface area contributed by atoms with Gasteiger partial charge in [0, 0.05) is 37.1 Å². The van der Waals surface area contributed by atoms with Gasteiger partial charge in [-0.3, -0.25) is 0 Å². The first-order valence-electron chi connectivity index (χ1n) is 6.64. The Bertz CT molecular complexity index is 333. The van der Waals surface area contributed by atoms with Gasteiger partial charge in [0.1, 0.15) is 5.82 Å². The molecule has 0 aromatic carbocycles. The minimum absolute atomic E-state index is 0.635. The van der Waals surface area contributed by atoms with Crippen LogP contribution in [0.3, 0.4) is 0 Å². The third-order valence-corrected chi connectivity index (χ3v) is 3.96. The summed E-state index contributed by atoms with van der Waals surface area (Å²) < 4.78 is 4.38. The zero-order valence-corrected chi connectivity index (χ0v) is 11.6. The van der Waals surface area contributed by atoms with E-state index in [-0.39, 0.29) is 0 Å². The highest BCUT2D eigenvalue weighted by Gasteiger charge is 2.19. The average Bonchev–Trinajstić information content (AvgIpc) is 2.99. The average molecular weight is 254 g/mol. The van der Waals surface area contributed by atoms with E-state index in [1.807, 2.05) is 0 Å². The van der Waals surface area contributed by atoms with Crippen LogP contribution in [0.4, 0.5) is 5.13 Å². The molecule has 0 saturated carbocycles. The normalized spacial score (nSPS) is 19.8. The molecule has 1 unspecified atom stereocenters. The summed E-state index contributed by atoms with van der Waals surface area (Å²) in [5, 5.41) is 4.65. The molecular formula is C12H22N4S. The van der Waals surface area contributed by atoms with E-state index in [2.05, 4.69) is 33.4 Å². The second-order valence-electron chi connectivity index (χ2n) is 4.59. The lowest BCUT2D eigenvalue weighted by Gasteiger charge is -2.24. The molecule has 1 N–H and O–H groups in total. The van der Waals surface area contributed by atoms with E-state index < -0.39 is 0 Å². The van der Waals surface area contributed by atoms with Crippen molar-refractivity contribution in [1.29, 1.82) is 0 Å². The van der Waals surface area contributed by atoms with Crippen LogP contribution in [0.15, 0.2) is 0 Å². The fourth-order valence-corrected chi connectivity index (χ4v) is 3.01. The first-order chi connectivity index (χ1) is 8.33. The molecule has 0 bridgehead atoms. The molecule has 1 aromatic heterocycles. The standard InChI is InChI=1S/C12H22N4S/c1-3-8-16(9-10-6-5-7-13-10)12-14-11(4-2)15-17-12/h10,13H,3-9H2,1-2H3. The van der Waals surface area contributed by atoms with Gasteiger partial charge in [0.2, 0.25) is 5.13 Å². The van der Waals surface area contributed by atoms with Crippen molar-refractivity contribution in [2.75, 3.05) is 24.5 Å². The zero-order valence-electron chi connectivity index (χ0n) is 10.8. The van der Waals surface area contributed by atoms with Gasteiger partial charge in [-0.15, -0.1) is 0 Å². The predicted molar refractivity (Wildman–Crippen MR) is 72.8 cm³/mol. The van der Waals surface area contributed by atoms with E-state index in [4.69, 9.17) is 0 Å². The third kappa shape index (κ3) is 3.39. The molecule has 0 radical (unpaired) electrons. The van der Waals surface area contributed by atoms with Gasteiger partial charge in [0.25, 0.3) is 0 Å². The molecule has 0 spiro atoms. The largest absolute Gasteiger partial charge is 0.345 e. The van der Waals surface area contributed by atoms with Gasteiger partial charge in [0.15, 0.2) is 0 Å². The SMILES string of the molecule is CCCN(CC1CCCN1)c1nc(CC)ns1. The summed E-state index contributed by atoms with van der Waals surface area (Å²) in [6.45, 7) is 7.65. The first kappa shape index (κ1) is 12.8. The molecule has 2 rings (SSSR count). The fourth-order valence-electron chi connectivity index (χ4n) is 2.23. The number of rotatable bonds is 6. The Morgan fingerprint density at radius 1 is 1.47 bits per heavy atom. The number of aromatic nitrogens is 2. The van der Waals surface area contributed by atoms with Crippen molar-refractivity contribution in [3.05, 3.63) is 5.82 Å². The molecule has 0 amide bonds. The highest BCUT2D eigenvalue weighted by molar-refractivity contribution is 7.09. The Balaban J connectivity index is 1.99. The van der Waals surface area contributed by atoms with Crippen LogP contribution in [-0.4, -0.2) is 35.0 Å². The second-order valence-corrected chi connectivity index (χ2v) is 5.32. The van der Waals surface area contributed by atoms with Crippen LogP contribution >= 0.6 is 11.5 Å². The predicted octanol–water partition coefficient (Wildman–Crippen LogP) is 2.07. The monoisotopic (exact) mass is 254 g/mol. The van der Waals surface area contributed by atoms with Gasteiger partial charge in [-0.25, -0.2) is 4.98 Å². The van der Waals surface area contributed by atoms with E-state index in [9.17, 15) is 0 Å². The van der Waals surface area contributed by atoms with E-state index in [0.29, 0.717) is 6.04 Å². The van der Waals surface area contributed by atoms with Crippen LogP contribution in [0.2, 0.25) is 0 Å². The molecule has 1 fully saturated rings. The number of hydrogen-bond acceptors (Lipinski definition) is 5. The summed E-state index contributed by atoms with van der Waals surface area (Å²) in [5.74, 6) is 0.977. The van der Waals surface area contributed by atoms with Gasteiger partial charge in [0.05, 0.1) is 0 Å². The van der Waals surface area contributed by atoms with Crippen molar-refractivity contribution in [2.24, 2.45) is 0 Å². The maximum atomic E-state index is 4.60. The molecule has 1 saturated heterocycles. The van der Waals surface area contributed by atoms with Crippen molar-refractivity contribution in [3.63, 3.8) is 0 Å². The van der Waals surface area contributed by atoms with Crippen molar-refractivity contribution in [3.8, 4) is 0 Å². The minimum atomic E-state index is 0.635. The van der Waals surface area contributed by atoms with Crippen molar-refractivity contribution < 1.29 is 0 Å². The van der Waals surface area contributed by atoms with Crippen molar-refractivity contribution in [1.82, 2.24) is 14.7 Å². The van der Waals surface area contributed by atoms with Gasteiger partial charge >= 0.3 is 0 Å². The Labute approximate surface area is 108 Å². The maximum absolute atomic E-state index is 4.60. The highest BCUT2D eigenvalue weighted by Crippen LogP contribution is 2.19. The fraction of sp³-hybridized carbons (Fsp3) is 0.833. The molecule has 17 heavy (non-hydrogen) atoms. The topological polar surface area (TPSA) is 41.0 Å². The Kier molecular flexibility index (Phi) is 4.74. The number of nitrogens with one attached hydrogen (secondary N) is 1. The maximum Gasteiger partial charge on any atom is 0.205 e. The van der Waals surface area contributed by atoms with Crippen molar-refractivity contribution in [2.45, 2.75) is 45.6 Å². The second kappa shape index (κ2) is 6.31. The number of anilines is 1. The van der Waals surface area contributed by atoms with E-state index in [1.54, 1.807) is 11.5 Å². The molecule has 5 heteroatoms. The summed E-state index contributed by atoms with van der Waals surface area (Å²) in [7, 11) is 0. The Hall–Kier alpha value is -0.680. The molecule has 1 aliphatic rings. The quantitative estimate of drug-likeness (QED) is 0.844. The lowest BCUT2D eigenvalue weighted by atomic mass is 10.2. The molecule has 1 atom stereocenters. The lowest BCUT2D eigenvalue weighted by Crippen LogP contribution is -2.38. The highest BCUT2D eigenvalue weighted by atomic mass is 32.1. The van der Waals surface area contributed by atoms with Crippen LogP contribution in [-0.2, 0) is 6.42 Å². The summed E-state index contributed by atoms with van der Waals surface area (Å²) in [6, 6.07) is 0.635. The molecule has 4 nitrogen and oxygen atoms in total. The van der Waals surface area contributed by atoms with Gasteiger partial charge in [-0.05, 0) is 25.8 Å². The molecule has 2 heterocycles. The lowest BCUT2D eigenvalue weighted by molar-refractivity contribution is 0.577. The molecule has 0 aliphatic carbocycles. The minimum Gasteiger partial charge on any atom is -0.345 e. The first-order valence-corrected chi connectivity index (χ1v) is 7.41. The van der Waals surface area contributed by atoms with Gasteiger partial charge in [-0.2, -0.15) is 4.37 Å². The van der Waals surface area contributed by atoms with E-state index in [0.717, 1.165) is 36.9 Å². The van der Waals surface area contributed by atoms with Crippen LogP contribution in [0.1, 0.15) is 38.9 Å². The summed E-state index contributed by atoms with van der Waals surface area (Å²) >= 11 is 1.54. The van der Waals surface area contributed by atoms with Crippen LogP contribution in [0.25, 0.3) is 0 Å². The Morgan fingerprint density at radius 2 is 2.35 bits per heavy atom. The molecule has 1 aromatic rings. The van der Waals surface area contributed by atoms with Crippen LogP contribution in [0, 0.1) is 0 Å². The van der Waals surface area contributed by atoms with Crippen LogP contribution in [0.5, 0.6) is 0 Å². The van der Waals surface area contributed by atoms with Crippen LogP contribution < -0.4 is 10.2 Å². The van der Waals surface area contributed by atoms with Gasteiger partial charge in [-0.1, -0.05) is 13.8 Å². The number of aryl methyl sites for hydroxylation is 1. The Morgan fingerprint density at radius 3 is 2.94 bits per heavy atom. The third-order valence-electron chi connectivity index (χ3n) is 3.14. The van der Waals surface area contributed by atoms with Crippen molar-refractivity contribution >= 4 is 16.7 Å². The zero-order chi connectivity index (χ0) is 12.1. The summed E-state index contributed by atoms with van der Waals surface area (Å²) in [4.78, 5) is 6.98. The smallest absolute Gasteiger partial charge is 0.205 e. The van der Waals surface area contributed by atoms with E-state index in [1.165, 1.54) is 19.4 Å². The number of hydrogen-bond donors (Lipinski definition) is 1. The number of nitrogens with zero attached hydrogens (tertiary/aromatic N) is 3.